The lowest BCUT2D eigenvalue weighted by Crippen LogP contribution is -2.28. The van der Waals surface area contributed by atoms with Crippen LogP contribution in [0.1, 0.15) is 46.3 Å². The van der Waals surface area contributed by atoms with Gasteiger partial charge in [0, 0.05) is 5.25 Å². The SMILES string of the molecule is CC[C@H]1O[C@@H](n2nc(SC3CC3)c3c(N)ncnc32)[C@@H]2OC(C)(C)O[C@@H]21. The number of anilines is 1. The van der Waals surface area contributed by atoms with Crippen molar-refractivity contribution in [1.29, 1.82) is 0 Å². The van der Waals surface area contributed by atoms with Crippen molar-refractivity contribution in [2.75, 3.05) is 5.73 Å². The van der Waals surface area contributed by atoms with Crippen LogP contribution in [0.5, 0.6) is 0 Å². The van der Waals surface area contributed by atoms with Gasteiger partial charge in [-0.2, -0.15) is 5.10 Å². The topological polar surface area (TPSA) is 97.3 Å². The normalized spacial score (nSPS) is 33.0. The molecule has 4 heterocycles. The third kappa shape index (κ3) is 2.60. The van der Waals surface area contributed by atoms with Gasteiger partial charge in [-0.3, -0.25) is 0 Å². The summed E-state index contributed by atoms with van der Waals surface area (Å²) in [5.74, 6) is -0.178. The average Bonchev–Trinajstić information content (AvgIpc) is 3.13. The van der Waals surface area contributed by atoms with Crippen LogP contribution in [0.4, 0.5) is 5.82 Å². The summed E-state index contributed by atoms with van der Waals surface area (Å²) >= 11 is 1.74. The van der Waals surface area contributed by atoms with Gasteiger partial charge in [0.25, 0.3) is 0 Å². The second-order valence-corrected chi connectivity index (χ2v) is 8.85. The van der Waals surface area contributed by atoms with E-state index < -0.39 is 12.0 Å². The Bertz CT molecular complexity index is 852. The summed E-state index contributed by atoms with van der Waals surface area (Å²) in [7, 11) is 0. The Kier molecular flexibility index (Phi) is 3.72. The maximum atomic E-state index is 6.28. The van der Waals surface area contributed by atoms with E-state index in [-0.39, 0.29) is 18.3 Å². The first kappa shape index (κ1) is 16.7. The standard InChI is InChI=1S/C17H23N5O3S/c1-4-9-11-12(25-17(2,3)24-11)16(23-9)22-14-10(13(18)19-7-20-14)15(21-22)26-8-5-6-8/h7-9,11-12,16H,4-6H2,1-3H3,(H2,18,19,20)/t9-,11-,12-,16-/m1/s1. The molecule has 2 N–H and O–H groups in total. The molecular weight excluding hydrogens is 354 g/mol. The Hall–Kier alpha value is -1.42. The zero-order valence-corrected chi connectivity index (χ0v) is 15.9. The molecular formula is C17H23N5O3S. The molecule has 8 nitrogen and oxygen atoms in total. The number of thioether (sulfide) groups is 1. The molecule has 0 spiro atoms. The van der Waals surface area contributed by atoms with Crippen LogP contribution in [0, 0.1) is 0 Å². The van der Waals surface area contributed by atoms with Crippen LogP contribution in [0.2, 0.25) is 0 Å². The van der Waals surface area contributed by atoms with E-state index in [1.807, 2.05) is 18.5 Å². The number of fused-ring (bicyclic) bond motifs is 2. The number of nitrogens with two attached hydrogens (primary N) is 1. The fraction of sp³-hybridized carbons (Fsp3) is 0.706. The van der Waals surface area contributed by atoms with E-state index in [1.54, 1.807) is 11.8 Å². The van der Waals surface area contributed by atoms with Gasteiger partial charge >= 0.3 is 0 Å². The van der Waals surface area contributed by atoms with Crippen LogP contribution >= 0.6 is 11.8 Å². The van der Waals surface area contributed by atoms with Gasteiger partial charge in [0.2, 0.25) is 0 Å². The summed E-state index contributed by atoms with van der Waals surface area (Å²) < 4.78 is 20.4. The van der Waals surface area contributed by atoms with Gasteiger partial charge in [-0.1, -0.05) is 6.92 Å². The number of nitrogen functional groups attached to an aromatic ring is 1. The molecule has 2 aromatic heterocycles. The molecule has 5 rings (SSSR count). The number of hydrogen-bond donors (Lipinski definition) is 1. The third-order valence-corrected chi connectivity index (χ3v) is 6.37. The van der Waals surface area contributed by atoms with E-state index >= 15 is 0 Å². The molecule has 26 heavy (non-hydrogen) atoms. The Morgan fingerprint density at radius 2 is 2.04 bits per heavy atom. The molecule has 140 valence electrons. The van der Waals surface area contributed by atoms with Crippen LogP contribution in [-0.4, -0.2) is 49.1 Å². The predicted octanol–water partition coefficient (Wildman–Crippen LogP) is 2.49. The second-order valence-electron chi connectivity index (χ2n) is 7.56. The molecule has 4 atom stereocenters. The Morgan fingerprint density at radius 3 is 2.77 bits per heavy atom. The van der Waals surface area contributed by atoms with E-state index in [1.165, 1.54) is 19.2 Å². The summed E-state index contributed by atoms with van der Waals surface area (Å²) in [5, 5.41) is 7.11. The van der Waals surface area contributed by atoms with Crippen LogP contribution < -0.4 is 5.73 Å². The largest absolute Gasteiger partial charge is 0.383 e. The molecule has 0 unspecified atom stereocenters. The minimum absolute atomic E-state index is 0.0373. The van der Waals surface area contributed by atoms with E-state index in [2.05, 4.69) is 16.9 Å². The van der Waals surface area contributed by atoms with Crippen molar-refractivity contribution in [2.24, 2.45) is 0 Å². The monoisotopic (exact) mass is 377 g/mol. The molecule has 1 aliphatic carbocycles. The van der Waals surface area contributed by atoms with E-state index in [0.717, 1.165) is 16.8 Å². The minimum atomic E-state index is -0.632. The Labute approximate surface area is 155 Å². The number of ether oxygens (including phenoxy) is 3. The van der Waals surface area contributed by atoms with Crippen LogP contribution in [0.3, 0.4) is 0 Å². The van der Waals surface area contributed by atoms with Crippen molar-refractivity contribution < 1.29 is 14.2 Å². The van der Waals surface area contributed by atoms with Gasteiger partial charge in [-0.05, 0) is 33.1 Å². The molecule has 0 radical (unpaired) electrons. The lowest BCUT2D eigenvalue weighted by molar-refractivity contribution is -0.197. The van der Waals surface area contributed by atoms with Gasteiger partial charge in [-0.25, -0.2) is 14.6 Å². The van der Waals surface area contributed by atoms with Crippen LogP contribution in [0.25, 0.3) is 11.0 Å². The highest BCUT2D eigenvalue weighted by Crippen LogP contribution is 2.46. The predicted molar refractivity (Wildman–Crippen MR) is 96.6 cm³/mol. The fourth-order valence-corrected chi connectivity index (χ4v) is 4.89. The highest BCUT2D eigenvalue weighted by molar-refractivity contribution is 8.00. The van der Waals surface area contributed by atoms with E-state index in [0.29, 0.717) is 16.7 Å². The molecule has 2 saturated heterocycles. The second kappa shape index (κ2) is 5.79. The molecule has 0 aromatic carbocycles. The molecule has 9 heteroatoms. The Balaban J connectivity index is 1.59. The molecule has 2 aromatic rings. The first-order chi connectivity index (χ1) is 12.5. The summed E-state index contributed by atoms with van der Waals surface area (Å²) in [6.45, 7) is 5.96. The summed E-state index contributed by atoms with van der Waals surface area (Å²) in [4.78, 5) is 8.62. The smallest absolute Gasteiger partial charge is 0.181 e. The van der Waals surface area contributed by atoms with Crippen molar-refractivity contribution in [2.45, 2.75) is 80.6 Å². The lowest BCUT2D eigenvalue weighted by Gasteiger charge is -2.24. The molecule has 3 fully saturated rings. The van der Waals surface area contributed by atoms with Crippen molar-refractivity contribution in [1.82, 2.24) is 19.7 Å². The number of hydrogen-bond acceptors (Lipinski definition) is 8. The highest BCUT2D eigenvalue weighted by atomic mass is 32.2. The first-order valence-electron chi connectivity index (χ1n) is 9.13. The number of rotatable bonds is 4. The van der Waals surface area contributed by atoms with Crippen molar-refractivity contribution in [3.05, 3.63) is 6.33 Å². The summed E-state index contributed by atoms with van der Waals surface area (Å²) in [5.41, 5.74) is 6.84. The van der Waals surface area contributed by atoms with Gasteiger partial charge in [0.05, 0.1) is 11.5 Å². The van der Waals surface area contributed by atoms with Crippen LogP contribution in [-0.2, 0) is 14.2 Å². The Morgan fingerprint density at radius 1 is 1.27 bits per heavy atom. The summed E-state index contributed by atoms with van der Waals surface area (Å²) in [6.07, 6.45) is 3.96. The van der Waals surface area contributed by atoms with Gasteiger partial charge < -0.3 is 19.9 Å². The molecule has 0 amide bonds. The van der Waals surface area contributed by atoms with E-state index in [4.69, 9.17) is 25.0 Å². The van der Waals surface area contributed by atoms with Gasteiger partial charge in [0.15, 0.2) is 17.7 Å². The van der Waals surface area contributed by atoms with E-state index in [9.17, 15) is 0 Å². The maximum absolute atomic E-state index is 6.28. The zero-order chi connectivity index (χ0) is 18.1. The minimum Gasteiger partial charge on any atom is -0.383 e. The molecule has 2 aliphatic heterocycles. The maximum Gasteiger partial charge on any atom is 0.181 e. The quantitative estimate of drug-likeness (QED) is 0.868. The number of nitrogens with zero attached hydrogens (tertiary/aromatic N) is 4. The highest BCUT2D eigenvalue weighted by Gasteiger charge is 2.56. The van der Waals surface area contributed by atoms with Crippen molar-refractivity contribution in [3.8, 4) is 0 Å². The fourth-order valence-electron chi connectivity index (χ4n) is 3.75. The number of aromatic nitrogens is 4. The lowest BCUT2D eigenvalue weighted by atomic mass is 10.1. The van der Waals surface area contributed by atoms with Crippen LogP contribution in [0.15, 0.2) is 11.4 Å². The molecule has 1 saturated carbocycles. The molecule has 3 aliphatic rings. The third-order valence-electron chi connectivity index (χ3n) is 5.06. The van der Waals surface area contributed by atoms with Crippen molar-refractivity contribution in [3.63, 3.8) is 0 Å². The zero-order valence-electron chi connectivity index (χ0n) is 15.1. The first-order valence-corrected chi connectivity index (χ1v) is 10.0. The van der Waals surface area contributed by atoms with Gasteiger partial charge in [0.1, 0.15) is 29.4 Å². The van der Waals surface area contributed by atoms with Crippen molar-refractivity contribution >= 4 is 28.6 Å². The van der Waals surface area contributed by atoms with Gasteiger partial charge in [-0.15, -0.1) is 11.8 Å². The summed E-state index contributed by atoms with van der Waals surface area (Å²) in [6, 6.07) is 0. The average molecular weight is 377 g/mol. The molecule has 0 bridgehead atoms.